The van der Waals surface area contributed by atoms with E-state index in [1.54, 1.807) is 27.7 Å². The average Bonchev–Trinajstić information content (AvgIpc) is 3.56. The summed E-state index contributed by atoms with van der Waals surface area (Å²) in [6.07, 6.45) is 3.28. The fourth-order valence-electron chi connectivity index (χ4n) is 6.72. The van der Waals surface area contributed by atoms with Gasteiger partial charge in [-0.3, -0.25) is 24.5 Å². The van der Waals surface area contributed by atoms with E-state index in [1.807, 2.05) is 43.4 Å². The van der Waals surface area contributed by atoms with E-state index in [4.69, 9.17) is 16.6 Å². The Balaban J connectivity index is 1.02. The molecule has 0 spiro atoms. The van der Waals surface area contributed by atoms with E-state index < -0.39 is 5.92 Å². The molecule has 3 atom stereocenters. The summed E-state index contributed by atoms with van der Waals surface area (Å²) < 4.78 is 1.80. The van der Waals surface area contributed by atoms with Crippen LogP contribution in [0.4, 0.5) is 33.6 Å². The zero-order valence-electron chi connectivity index (χ0n) is 26.5. The molecule has 0 radical (unpaired) electrons. The van der Waals surface area contributed by atoms with Crippen LogP contribution in [-0.2, 0) is 16.6 Å². The second-order valence-corrected chi connectivity index (χ2v) is 13.0. The van der Waals surface area contributed by atoms with E-state index in [-0.39, 0.29) is 29.8 Å². The maximum absolute atomic E-state index is 12.5. The third-order valence-electron chi connectivity index (χ3n) is 9.36. The van der Waals surface area contributed by atoms with Crippen LogP contribution < -0.4 is 25.8 Å². The number of imide groups is 1. The number of hydrogen-bond acceptors (Lipinski definition) is 9. The highest BCUT2D eigenvalue weighted by molar-refractivity contribution is 6.32. The summed E-state index contributed by atoms with van der Waals surface area (Å²) in [5.74, 6) is 0.449. The minimum atomic E-state index is -0.432. The molecule has 0 bridgehead atoms. The van der Waals surface area contributed by atoms with Crippen LogP contribution in [0.3, 0.4) is 0 Å². The molecule has 2 aromatic heterocycles. The number of fused-ring (bicyclic) bond motifs is 1. The molecule has 4 aromatic rings. The standard InChI is InChI=1S/C33H37ClN10O3/c1-19-18-43(32-35-17-25(34)30(39-32)37-20-5-4-6-22(15-20)44-14-13-41(2)33(44)47)12-11-26(19)36-21-7-8-23-27(16-21)42(3)40-29(23)24-9-10-28(45)38-31(24)46/h4-8,15-17,19,24,26,36H,9-14,18H2,1-3H3,(H,35,37,39)(H,38,45,46)/t19-,24?,26-/m1/s1. The molecule has 3 aliphatic heterocycles. The molecular weight excluding hydrogens is 620 g/mol. The highest BCUT2D eigenvalue weighted by atomic mass is 35.5. The summed E-state index contributed by atoms with van der Waals surface area (Å²) in [6, 6.07) is 14.0. The van der Waals surface area contributed by atoms with Gasteiger partial charge in [-0.15, -0.1) is 0 Å². The topological polar surface area (TPSA) is 141 Å². The van der Waals surface area contributed by atoms with Crippen LogP contribution in [0.2, 0.25) is 5.02 Å². The first-order chi connectivity index (χ1) is 22.6. The van der Waals surface area contributed by atoms with Gasteiger partial charge in [0.15, 0.2) is 5.82 Å². The number of nitrogens with one attached hydrogen (secondary N) is 3. The van der Waals surface area contributed by atoms with Crippen LogP contribution in [0.5, 0.6) is 0 Å². The van der Waals surface area contributed by atoms with E-state index >= 15 is 0 Å². The lowest BCUT2D eigenvalue weighted by Crippen LogP contribution is -2.46. The Morgan fingerprint density at radius 2 is 1.85 bits per heavy atom. The van der Waals surface area contributed by atoms with Crippen molar-refractivity contribution in [3.05, 3.63) is 59.4 Å². The number of likely N-dealkylation sites (N-methyl/N-ethyl adjacent to an activating group) is 1. The smallest absolute Gasteiger partial charge is 0.324 e. The molecule has 1 unspecified atom stereocenters. The summed E-state index contributed by atoms with van der Waals surface area (Å²) in [4.78, 5) is 51.6. The lowest BCUT2D eigenvalue weighted by atomic mass is 9.92. The molecule has 2 aromatic carbocycles. The highest BCUT2D eigenvalue weighted by Gasteiger charge is 2.32. The van der Waals surface area contributed by atoms with Gasteiger partial charge in [0, 0.05) is 75.2 Å². The van der Waals surface area contributed by atoms with Crippen LogP contribution in [0.1, 0.15) is 37.8 Å². The normalized spacial score (nSPS) is 21.8. The van der Waals surface area contributed by atoms with Crippen LogP contribution >= 0.6 is 11.6 Å². The van der Waals surface area contributed by atoms with Gasteiger partial charge < -0.3 is 20.4 Å². The monoisotopic (exact) mass is 656 g/mol. The largest absolute Gasteiger partial charge is 0.382 e. The Morgan fingerprint density at radius 3 is 2.62 bits per heavy atom. The molecule has 0 aliphatic carbocycles. The van der Waals surface area contributed by atoms with Crippen LogP contribution in [-0.4, -0.2) is 81.8 Å². The van der Waals surface area contributed by atoms with Gasteiger partial charge >= 0.3 is 6.03 Å². The third-order valence-corrected chi connectivity index (χ3v) is 9.63. The molecule has 14 heteroatoms. The number of anilines is 5. The van der Waals surface area contributed by atoms with Crippen molar-refractivity contribution < 1.29 is 14.4 Å². The van der Waals surface area contributed by atoms with Gasteiger partial charge in [0.1, 0.15) is 5.02 Å². The van der Waals surface area contributed by atoms with Crippen molar-refractivity contribution in [1.82, 2.24) is 30.0 Å². The first kappa shape index (κ1) is 30.7. The summed E-state index contributed by atoms with van der Waals surface area (Å²) >= 11 is 6.52. The number of benzene rings is 2. The van der Waals surface area contributed by atoms with Gasteiger partial charge in [-0.25, -0.2) is 9.78 Å². The van der Waals surface area contributed by atoms with Crippen molar-refractivity contribution in [3.63, 3.8) is 0 Å². The molecule has 7 rings (SSSR count). The van der Waals surface area contributed by atoms with Gasteiger partial charge in [0.25, 0.3) is 0 Å². The number of hydrogen-bond donors (Lipinski definition) is 3. The van der Waals surface area contributed by atoms with E-state index in [2.05, 4.69) is 43.9 Å². The lowest BCUT2D eigenvalue weighted by molar-refractivity contribution is -0.134. The number of piperidine rings is 2. The van der Waals surface area contributed by atoms with Crippen LogP contribution in [0.25, 0.3) is 10.9 Å². The first-order valence-corrected chi connectivity index (χ1v) is 16.3. The van der Waals surface area contributed by atoms with Crippen molar-refractivity contribution in [2.75, 3.05) is 53.7 Å². The lowest BCUT2D eigenvalue weighted by Gasteiger charge is -2.37. The number of halogens is 1. The Hall–Kier alpha value is -4.91. The van der Waals surface area contributed by atoms with E-state index in [0.717, 1.165) is 47.5 Å². The Labute approximate surface area is 277 Å². The third kappa shape index (κ3) is 6.02. The Bertz CT molecular complexity index is 1880. The zero-order valence-corrected chi connectivity index (χ0v) is 27.3. The predicted molar refractivity (Wildman–Crippen MR) is 181 cm³/mol. The minimum Gasteiger partial charge on any atom is -0.382 e. The van der Waals surface area contributed by atoms with Gasteiger partial charge in [-0.05, 0) is 55.2 Å². The molecule has 3 fully saturated rings. The number of aromatic nitrogens is 4. The molecule has 0 saturated carbocycles. The van der Waals surface area contributed by atoms with Crippen LogP contribution in [0, 0.1) is 5.92 Å². The highest BCUT2D eigenvalue weighted by Crippen LogP contribution is 2.33. The Kier molecular flexibility index (Phi) is 8.08. The number of carbonyl (C=O) groups excluding carboxylic acids is 3. The van der Waals surface area contributed by atoms with Gasteiger partial charge in [0.2, 0.25) is 17.8 Å². The molecule has 47 heavy (non-hydrogen) atoms. The number of carbonyl (C=O) groups is 3. The Morgan fingerprint density at radius 1 is 1.00 bits per heavy atom. The van der Waals surface area contributed by atoms with Crippen molar-refractivity contribution in [2.45, 2.75) is 38.1 Å². The number of urea groups is 1. The molecule has 244 valence electrons. The second-order valence-electron chi connectivity index (χ2n) is 12.6. The zero-order chi connectivity index (χ0) is 32.8. The summed E-state index contributed by atoms with van der Waals surface area (Å²) in [6.45, 7) is 5.06. The fourth-order valence-corrected chi connectivity index (χ4v) is 6.85. The SMILES string of the molecule is C[C@@H]1CN(c2ncc(Cl)c(Nc3cccc(N4CCN(C)C4=O)c3)n2)CC[C@H]1Nc1ccc2c(C3CCC(=O)NC3=O)nn(C)c2c1. The number of rotatable bonds is 7. The van der Waals surface area contributed by atoms with E-state index in [9.17, 15) is 14.4 Å². The van der Waals surface area contributed by atoms with Crippen molar-refractivity contribution in [2.24, 2.45) is 13.0 Å². The van der Waals surface area contributed by atoms with Gasteiger partial charge in [-0.1, -0.05) is 24.6 Å². The summed E-state index contributed by atoms with van der Waals surface area (Å²) in [5, 5.41) is 15.5. The molecule has 3 aliphatic rings. The average molecular weight is 657 g/mol. The molecule has 3 saturated heterocycles. The van der Waals surface area contributed by atoms with Gasteiger partial charge in [0.05, 0.1) is 23.3 Å². The fraction of sp³-hybridized carbons (Fsp3) is 0.394. The number of aryl methyl sites for hydroxylation is 1. The van der Waals surface area contributed by atoms with Crippen molar-refractivity contribution in [3.8, 4) is 0 Å². The molecule has 4 amide bonds. The van der Waals surface area contributed by atoms with Crippen LogP contribution in [0.15, 0.2) is 48.7 Å². The molecular formula is C33H37ClN10O3. The molecule has 5 heterocycles. The number of amides is 4. The number of nitrogens with zero attached hydrogens (tertiary/aromatic N) is 7. The van der Waals surface area contributed by atoms with Crippen molar-refractivity contribution in [1.29, 1.82) is 0 Å². The quantitative estimate of drug-likeness (QED) is 0.246. The summed E-state index contributed by atoms with van der Waals surface area (Å²) in [7, 11) is 3.68. The minimum absolute atomic E-state index is 0.0204. The molecule has 3 N–H and O–H groups in total. The van der Waals surface area contributed by atoms with Crippen molar-refractivity contribution >= 4 is 69.2 Å². The van der Waals surface area contributed by atoms with E-state index in [1.165, 1.54) is 0 Å². The van der Waals surface area contributed by atoms with E-state index in [0.29, 0.717) is 48.4 Å². The first-order valence-electron chi connectivity index (χ1n) is 15.9. The van der Waals surface area contributed by atoms with Gasteiger partial charge in [-0.2, -0.15) is 10.1 Å². The molecule has 13 nitrogen and oxygen atoms in total. The summed E-state index contributed by atoms with van der Waals surface area (Å²) in [5.41, 5.74) is 4.22. The maximum atomic E-state index is 12.5. The maximum Gasteiger partial charge on any atom is 0.324 e. The predicted octanol–water partition coefficient (Wildman–Crippen LogP) is 4.48. The second kappa shape index (κ2) is 12.4.